The summed E-state index contributed by atoms with van der Waals surface area (Å²) in [4.78, 5) is 15.0. The normalized spacial score (nSPS) is 22.9. The van der Waals surface area contributed by atoms with Crippen molar-refractivity contribution in [3.63, 3.8) is 0 Å². The van der Waals surface area contributed by atoms with Crippen molar-refractivity contribution < 1.29 is 9.53 Å². The van der Waals surface area contributed by atoms with Crippen LogP contribution < -0.4 is 5.32 Å². The van der Waals surface area contributed by atoms with E-state index < -0.39 is 5.60 Å². The predicted octanol–water partition coefficient (Wildman–Crippen LogP) is 2.92. The maximum absolute atomic E-state index is 13.0. The molecule has 2 aliphatic rings. The van der Waals surface area contributed by atoms with Gasteiger partial charge in [-0.15, -0.1) is 12.4 Å². The lowest BCUT2D eigenvalue weighted by Crippen LogP contribution is -2.54. The van der Waals surface area contributed by atoms with Crippen molar-refractivity contribution in [3.8, 4) is 0 Å². The number of carbonyl (C=O) groups is 1. The standard InChI is InChI=1S/C18H25ClN2O2.ClH/c1-23-18(7-9-20-10-8-18)17(22)21-11-6-15(13-21)12-14-2-4-16(19)5-3-14;/h2-5,15,20H,6-13H2,1H3;1H. The molecule has 6 heteroatoms. The molecule has 24 heavy (non-hydrogen) atoms. The summed E-state index contributed by atoms with van der Waals surface area (Å²) in [6.45, 7) is 3.37. The third-order valence-electron chi connectivity index (χ3n) is 5.20. The zero-order valence-electron chi connectivity index (χ0n) is 14.1. The van der Waals surface area contributed by atoms with Gasteiger partial charge in [-0.05, 0) is 62.4 Å². The highest BCUT2D eigenvalue weighted by Gasteiger charge is 2.43. The summed E-state index contributed by atoms with van der Waals surface area (Å²) in [7, 11) is 1.67. The molecule has 2 heterocycles. The summed E-state index contributed by atoms with van der Waals surface area (Å²) in [6.07, 6.45) is 3.59. The van der Waals surface area contributed by atoms with Crippen LogP contribution in [0.5, 0.6) is 0 Å². The van der Waals surface area contributed by atoms with Gasteiger partial charge in [-0.25, -0.2) is 0 Å². The monoisotopic (exact) mass is 372 g/mol. The van der Waals surface area contributed by atoms with Crippen molar-refractivity contribution in [1.29, 1.82) is 0 Å². The summed E-state index contributed by atoms with van der Waals surface area (Å²) in [5.41, 5.74) is 0.678. The van der Waals surface area contributed by atoms with Crippen LogP contribution in [-0.2, 0) is 16.0 Å². The molecule has 1 aromatic rings. The number of likely N-dealkylation sites (tertiary alicyclic amines) is 1. The number of hydrogen-bond donors (Lipinski definition) is 1. The van der Waals surface area contributed by atoms with Crippen LogP contribution in [-0.4, -0.2) is 49.7 Å². The average Bonchev–Trinajstić information content (AvgIpc) is 3.05. The maximum atomic E-state index is 13.0. The molecule has 1 amide bonds. The Bertz CT molecular complexity index is 544. The molecule has 1 aromatic carbocycles. The van der Waals surface area contributed by atoms with Crippen LogP contribution >= 0.6 is 24.0 Å². The number of nitrogens with one attached hydrogen (secondary N) is 1. The van der Waals surface area contributed by atoms with Crippen LogP contribution in [0.3, 0.4) is 0 Å². The zero-order chi connectivity index (χ0) is 16.3. The van der Waals surface area contributed by atoms with Crippen LogP contribution in [0, 0.1) is 5.92 Å². The Morgan fingerprint density at radius 3 is 2.62 bits per heavy atom. The highest BCUT2D eigenvalue weighted by molar-refractivity contribution is 6.30. The van der Waals surface area contributed by atoms with Crippen LogP contribution in [0.2, 0.25) is 5.02 Å². The summed E-state index contributed by atoms with van der Waals surface area (Å²) in [5.74, 6) is 0.704. The predicted molar refractivity (Wildman–Crippen MR) is 98.9 cm³/mol. The molecular formula is C18H26Cl2N2O2. The van der Waals surface area contributed by atoms with Gasteiger partial charge < -0.3 is 15.0 Å². The van der Waals surface area contributed by atoms with E-state index in [1.807, 2.05) is 17.0 Å². The second kappa shape index (κ2) is 8.52. The number of piperidine rings is 1. The minimum absolute atomic E-state index is 0. The molecule has 4 nitrogen and oxygen atoms in total. The second-order valence-electron chi connectivity index (χ2n) is 6.68. The number of ether oxygens (including phenoxy) is 1. The van der Waals surface area contributed by atoms with E-state index in [-0.39, 0.29) is 18.3 Å². The van der Waals surface area contributed by atoms with Crippen LogP contribution in [0.4, 0.5) is 0 Å². The first kappa shape index (κ1) is 19.5. The van der Waals surface area contributed by atoms with Gasteiger partial charge in [-0.2, -0.15) is 0 Å². The number of hydrogen-bond acceptors (Lipinski definition) is 3. The fourth-order valence-corrected chi connectivity index (χ4v) is 3.89. The van der Waals surface area contributed by atoms with Gasteiger partial charge >= 0.3 is 0 Å². The molecule has 2 saturated heterocycles. The molecule has 1 N–H and O–H groups in total. The van der Waals surface area contributed by atoms with Crippen molar-refractivity contribution >= 4 is 29.9 Å². The maximum Gasteiger partial charge on any atom is 0.254 e. The Labute approximate surface area is 155 Å². The molecule has 0 radical (unpaired) electrons. The van der Waals surface area contributed by atoms with Gasteiger partial charge in [0.15, 0.2) is 0 Å². The van der Waals surface area contributed by atoms with Gasteiger partial charge in [0.2, 0.25) is 0 Å². The van der Waals surface area contributed by atoms with Crippen LogP contribution in [0.1, 0.15) is 24.8 Å². The van der Waals surface area contributed by atoms with Crippen molar-refractivity contribution in [3.05, 3.63) is 34.9 Å². The Morgan fingerprint density at radius 1 is 1.33 bits per heavy atom. The number of amides is 1. The van der Waals surface area contributed by atoms with Crippen molar-refractivity contribution in [1.82, 2.24) is 10.2 Å². The number of rotatable bonds is 4. The Kier molecular flexibility index (Phi) is 6.93. The summed E-state index contributed by atoms with van der Waals surface area (Å²) in [6, 6.07) is 8.03. The fraction of sp³-hybridized carbons (Fsp3) is 0.611. The van der Waals surface area contributed by atoms with E-state index in [0.29, 0.717) is 5.92 Å². The first-order chi connectivity index (χ1) is 11.1. The topological polar surface area (TPSA) is 41.6 Å². The highest BCUT2D eigenvalue weighted by Crippen LogP contribution is 2.29. The molecule has 0 aromatic heterocycles. The number of methoxy groups -OCH3 is 1. The number of benzene rings is 1. The molecule has 2 aliphatic heterocycles. The Hall–Kier alpha value is -0.810. The summed E-state index contributed by atoms with van der Waals surface area (Å²) in [5, 5.41) is 4.07. The molecule has 0 aliphatic carbocycles. The largest absolute Gasteiger partial charge is 0.368 e. The van der Waals surface area contributed by atoms with Gasteiger partial charge in [-0.3, -0.25) is 4.79 Å². The SMILES string of the molecule is COC1(C(=O)N2CCC(Cc3ccc(Cl)cc3)C2)CCNCC1.Cl. The third kappa shape index (κ3) is 4.23. The minimum atomic E-state index is -0.611. The molecule has 2 fully saturated rings. The lowest BCUT2D eigenvalue weighted by Gasteiger charge is -2.37. The van der Waals surface area contributed by atoms with Gasteiger partial charge in [0.05, 0.1) is 0 Å². The van der Waals surface area contributed by atoms with Gasteiger partial charge in [0, 0.05) is 25.2 Å². The molecule has 0 bridgehead atoms. The quantitative estimate of drug-likeness (QED) is 0.883. The van der Waals surface area contributed by atoms with E-state index in [2.05, 4.69) is 17.4 Å². The van der Waals surface area contributed by atoms with Gasteiger partial charge in [-0.1, -0.05) is 23.7 Å². The number of carbonyl (C=O) groups excluding carboxylic acids is 1. The Morgan fingerprint density at radius 2 is 2.00 bits per heavy atom. The van der Waals surface area contributed by atoms with E-state index in [0.717, 1.165) is 56.9 Å². The van der Waals surface area contributed by atoms with Crippen molar-refractivity contribution in [2.45, 2.75) is 31.3 Å². The minimum Gasteiger partial charge on any atom is -0.368 e. The molecule has 0 spiro atoms. The lowest BCUT2D eigenvalue weighted by molar-refractivity contribution is -0.157. The molecular weight excluding hydrogens is 347 g/mol. The van der Waals surface area contributed by atoms with Gasteiger partial charge in [0.25, 0.3) is 5.91 Å². The van der Waals surface area contributed by atoms with E-state index in [1.54, 1.807) is 7.11 Å². The molecule has 1 atom stereocenters. The fourth-order valence-electron chi connectivity index (χ4n) is 3.76. The van der Waals surface area contributed by atoms with Crippen molar-refractivity contribution in [2.24, 2.45) is 5.92 Å². The second-order valence-corrected chi connectivity index (χ2v) is 7.12. The van der Waals surface area contributed by atoms with E-state index in [9.17, 15) is 4.79 Å². The smallest absolute Gasteiger partial charge is 0.254 e. The van der Waals surface area contributed by atoms with E-state index in [4.69, 9.17) is 16.3 Å². The number of halogens is 2. The first-order valence-electron chi connectivity index (χ1n) is 8.43. The molecule has 1 unspecified atom stereocenters. The summed E-state index contributed by atoms with van der Waals surface area (Å²) < 4.78 is 5.67. The van der Waals surface area contributed by atoms with E-state index in [1.165, 1.54) is 5.56 Å². The third-order valence-corrected chi connectivity index (χ3v) is 5.45. The molecule has 134 valence electrons. The lowest BCUT2D eigenvalue weighted by atomic mass is 9.90. The molecule has 3 rings (SSSR count). The zero-order valence-corrected chi connectivity index (χ0v) is 15.7. The number of nitrogens with zero attached hydrogens (tertiary/aromatic N) is 1. The average molecular weight is 373 g/mol. The van der Waals surface area contributed by atoms with E-state index >= 15 is 0 Å². The Balaban J connectivity index is 0.00000208. The summed E-state index contributed by atoms with van der Waals surface area (Å²) >= 11 is 5.94. The van der Waals surface area contributed by atoms with Gasteiger partial charge in [0.1, 0.15) is 5.60 Å². The first-order valence-corrected chi connectivity index (χ1v) is 8.80. The highest BCUT2D eigenvalue weighted by atomic mass is 35.5. The van der Waals surface area contributed by atoms with Crippen LogP contribution in [0.15, 0.2) is 24.3 Å². The van der Waals surface area contributed by atoms with Crippen molar-refractivity contribution in [2.75, 3.05) is 33.3 Å². The van der Waals surface area contributed by atoms with Crippen LogP contribution in [0.25, 0.3) is 0 Å². The molecule has 0 saturated carbocycles.